The molecule has 0 saturated carbocycles. The van der Waals surface area contributed by atoms with Crippen LogP contribution in [0.15, 0.2) is 146 Å². The van der Waals surface area contributed by atoms with Crippen molar-refractivity contribution in [2.75, 3.05) is 0 Å². The Balaban J connectivity index is 1.28. The minimum Gasteiger partial charge on any atom is -0.253 e. The van der Waals surface area contributed by atoms with E-state index in [0.29, 0.717) is 0 Å². The highest BCUT2D eigenvalue weighted by molar-refractivity contribution is 6.28. The van der Waals surface area contributed by atoms with E-state index in [1.165, 1.54) is 93.9 Å². The van der Waals surface area contributed by atoms with Gasteiger partial charge in [0.25, 0.3) is 0 Å². The largest absolute Gasteiger partial charge is 0.253 e. The smallest absolute Gasteiger partial charge is 0.0749 e. The number of benzene rings is 7. The molecule has 0 bridgehead atoms. The van der Waals surface area contributed by atoms with Gasteiger partial charge in [-0.2, -0.15) is 0 Å². The van der Waals surface area contributed by atoms with Gasteiger partial charge in [-0.25, -0.2) is 0 Å². The molecular weight excluding hydrogens is 579 g/mol. The van der Waals surface area contributed by atoms with Crippen molar-refractivity contribution in [3.05, 3.63) is 162 Å². The molecule has 0 radical (unpaired) electrons. The van der Waals surface area contributed by atoms with Crippen molar-refractivity contribution in [1.29, 1.82) is 0 Å². The molecule has 7 aromatic carbocycles. The number of hydrogen-bond acceptors (Lipinski definition) is 1. The third kappa shape index (κ3) is 3.65. The highest BCUT2D eigenvalue weighted by Gasteiger charge is 2.37. The zero-order chi connectivity index (χ0) is 32.1. The average Bonchev–Trinajstić information content (AvgIpc) is 3.56. The Morgan fingerprint density at radius 1 is 0.417 bits per heavy atom. The SMILES string of the molecule is Cc1ccc2c(n1)-c1ccc(-c3ccc4c5c(cccc35)-c3c-4c(-c4ccccc4)c4ccccc4c3-c3ccccc3)cc1C2(C)C. The Bertz CT molecular complexity index is 2530. The van der Waals surface area contributed by atoms with E-state index in [4.69, 9.17) is 4.98 Å². The van der Waals surface area contributed by atoms with Crippen LogP contribution in [0.4, 0.5) is 0 Å². The Morgan fingerprint density at radius 3 is 1.65 bits per heavy atom. The number of hydrogen-bond donors (Lipinski definition) is 0. The Labute approximate surface area is 281 Å². The fourth-order valence-corrected chi connectivity index (χ4v) is 8.71. The molecule has 10 rings (SSSR count). The quantitative estimate of drug-likeness (QED) is 0.194. The average molecular weight is 612 g/mol. The van der Waals surface area contributed by atoms with Crippen molar-refractivity contribution >= 4 is 21.5 Å². The van der Waals surface area contributed by atoms with Crippen LogP contribution < -0.4 is 0 Å². The summed E-state index contributed by atoms with van der Waals surface area (Å²) in [4.78, 5) is 4.99. The zero-order valence-electron chi connectivity index (χ0n) is 27.3. The van der Waals surface area contributed by atoms with Gasteiger partial charge in [-0.15, -0.1) is 0 Å². The molecule has 1 nitrogen and oxygen atoms in total. The lowest BCUT2D eigenvalue weighted by Gasteiger charge is -2.22. The topological polar surface area (TPSA) is 12.9 Å². The molecule has 0 atom stereocenters. The van der Waals surface area contributed by atoms with E-state index in [-0.39, 0.29) is 5.41 Å². The van der Waals surface area contributed by atoms with Crippen molar-refractivity contribution in [2.24, 2.45) is 0 Å². The number of aryl methyl sites for hydroxylation is 1. The first kappa shape index (κ1) is 27.3. The lowest BCUT2D eigenvalue weighted by molar-refractivity contribution is 0.659. The third-order valence-electron chi connectivity index (χ3n) is 10.9. The van der Waals surface area contributed by atoms with Gasteiger partial charge in [0.1, 0.15) is 0 Å². The summed E-state index contributed by atoms with van der Waals surface area (Å²) >= 11 is 0. The maximum atomic E-state index is 4.99. The summed E-state index contributed by atoms with van der Waals surface area (Å²) in [6.07, 6.45) is 0. The van der Waals surface area contributed by atoms with Crippen LogP contribution in [-0.2, 0) is 5.41 Å². The van der Waals surface area contributed by atoms with Crippen molar-refractivity contribution in [3.8, 4) is 66.9 Å². The third-order valence-corrected chi connectivity index (χ3v) is 10.9. The fraction of sp³-hybridized carbons (Fsp3) is 0.0851. The van der Waals surface area contributed by atoms with Crippen LogP contribution in [0.5, 0.6) is 0 Å². The summed E-state index contributed by atoms with van der Waals surface area (Å²) in [5.41, 5.74) is 18.9. The Morgan fingerprint density at radius 2 is 0.979 bits per heavy atom. The van der Waals surface area contributed by atoms with E-state index < -0.39 is 0 Å². The molecule has 226 valence electrons. The van der Waals surface area contributed by atoms with Crippen molar-refractivity contribution in [1.82, 2.24) is 4.98 Å². The van der Waals surface area contributed by atoms with Gasteiger partial charge in [0, 0.05) is 16.7 Å². The molecule has 0 amide bonds. The summed E-state index contributed by atoms with van der Waals surface area (Å²) in [7, 11) is 0. The predicted molar refractivity (Wildman–Crippen MR) is 202 cm³/mol. The zero-order valence-corrected chi connectivity index (χ0v) is 27.3. The lowest BCUT2D eigenvalue weighted by Crippen LogP contribution is -2.15. The van der Waals surface area contributed by atoms with E-state index in [0.717, 1.165) is 11.4 Å². The summed E-state index contributed by atoms with van der Waals surface area (Å²) in [5.74, 6) is 0. The number of pyridine rings is 1. The molecule has 0 N–H and O–H groups in total. The van der Waals surface area contributed by atoms with Crippen LogP contribution in [0, 0.1) is 6.92 Å². The van der Waals surface area contributed by atoms with E-state index in [9.17, 15) is 0 Å². The summed E-state index contributed by atoms with van der Waals surface area (Å²) < 4.78 is 0. The predicted octanol–water partition coefficient (Wildman–Crippen LogP) is 12.7. The van der Waals surface area contributed by atoms with Crippen LogP contribution in [-0.4, -0.2) is 4.98 Å². The van der Waals surface area contributed by atoms with Crippen LogP contribution in [0.3, 0.4) is 0 Å². The number of rotatable bonds is 3. The number of aromatic nitrogens is 1. The van der Waals surface area contributed by atoms with Gasteiger partial charge >= 0.3 is 0 Å². The highest BCUT2D eigenvalue weighted by Crippen LogP contribution is 2.58. The molecule has 48 heavy (non-hydrogen) atoms. The lowest BCUT2D eigenvalue weighted by atomic mass is 9.81. The van der Waals surface area contributed by atoms with Gasteiger partial charge in [-0.05, 0) is 107 Å². The molecule has 1 aromatic heterocycles. The van der Waals surface area contributed by atoms with Crippen LogP contribution in [0.25, 0.3) is 88.4 Å². The van der Waals surface area contributed by atoms with Gasteiger partial charge < -0.3 is 0 Å². The molecule has 0 aliphatic heterocycles. The van der Waals surface area contributed by atoms with Gasteiger partial charge in [-0.1, -0.05) is 147 Å². The first-order valence-corrected chi connectivity index (χ1v) is 16.9. The van der Waals surface area contributed by atoms with E-state index in [2.05, 4.69) is 166 Å². The fourth-order valence-electron chi connectivity index (χ4n) is 8.71. The molecule has 1 heterocycles. The van der Waals surface area contributed by atoms with Crippen LogP contribution >= 0.6 is 0 Å². The molecular formula is C47H33N. The summed E-state index contributed by atoms with van der Waals surface area (Å²) in [5, 5.41) is 5.21. The minimum absolute atomic E-state index is 0.109. The second-order valence-electron chi connectivity index (χ2n) is 13.9. The van der Waals surface area contributed by atoms with Crippen molar-refractivity contribution in [2.45, 2.75) is 26.2 Å². The normalized spacial score (nSPS) is 13.5. The van der Waals surface area contributed by atoms with Gasteiger partial charge in [0.2, 0.25) is 0 Å². The number of nitrogens with zero attached hydrogens (tertiary/aromatic N) is 1. The molecule has 0 spiro atoms. The van der Waals surface area contributed by atoms with Gasteiger partial charge in [0.15, 0.2) is 0 Å². The summed E-state index contributed by atoms with van der Waals surface area (Å²) in [6, 6.07) is 54.0. The summed E-state index contributed by atoms with van der Waals surface area (Å²) in [6.45, 7) is 6.76. The van der Waals surface area contributed by atoms with Gasteiger partial charge in [-0.3, -0.25) is 4.98 Å². The molecule has 0 unspecified atom stereocenters. The molecule has 8 aromatic rings. The van der Waals surface area contributed by atoms with E-state index in [1.54, 1.807) is 0 Å². The number of fused-ring (bicyclic) bond motifs is 7. The molecule has 2 aliphatic carbocycles. The van der Waals surface area contributed by atoms with Gasteiger partial charge in [0.05, 0.1) is 5.69 Å². The second-order valence-corrected chi connectivity index (χ2v) is 13.9. The second kappa shape index (κ2) is 9.86. The monoisotopic (exact) mass is 611 g/mol. The highest BCUT2D eigenvalue weighted by atomic mass is 14.7. The van der Waals surface area contributed by atoms with Crippen molar-refractivity contribution < 1.29 is 0 Å². The minimum atomic E-state index is -0.109. The first-order chi connectivity index (χ1) is 23.5. The molecule has 0 saturated heterocycles. The first-order valence-electron chi connectivity index (χ1n) is 16.9. The van der Waals surface area contributed by atoms with Crippen LogP contribution in [0.1, 0.15) is 30.7 Å². The maximum Gasteiger partial charge on any atom is 0.0749 e. The van der Waals surface area contributed by atoms with Crippen molar-refractivity contribution in [3.63, 3.8) is 0 Å². The molecule has 0 fully saturated rings. The maximum absolute atomic E-state index is 4.99. The Kier molecular flexibility index (Phi) is 5.61. The molecule has 1 heteroatoms. The van der Waals surface area contributed by atoms with E-state index >= 15 is 0 Å². The standard InChI is InChI=1S/C47H33N/c1-28-21-26-39-46(48-28)36-23-22-31(27-40(36)47(39,2)3)32-24-25-38-43-33(32)19-12-20-37(43)44-41(29-13-6-4-7-14-29)34-17-10-11-18-35(34)42(45(38)44)30-15-8-5-9-16-30/h4-27H,1-3H3. The van der Waals surface area contributed by atoms with E-state index in [1.807, 2.05) is 0 Å². The molecule has 2 aliphatic rings. The Hall–Kier alpha value is -5.79. The van der Waals surface area contributed by atoms with Crippen LogP contribution in [0.2, 0.25) is 0 Å².